The highest BCUT2D eigenvalue weighted by Crippen LogP contribution is 2.31. The number of carbonyl (C=O) groups excluding carboxylic acids is 2. The minimum atomic E-state index is -4.22. The van der Waals surface area contributed by atoms with E-state index in [9.17, 15) is 18.0 Å². The van der Waals surface area contributed by atoms with Gasteiger partial charge in [0.2, 0.25) is 11.8 Å². The molecule has 226 valence electrons. The average Bonchev–Trinajstić information content (AvgIpc) is 2.97. The van der Waals surface area contributed by atoms with Gasteiger partial charge in [-0.3, -0.25) is 13.9 Å². The molecule has 1 atom stereocenters. The summed E-state index contributed by atoms with van der Waals surface area (Å²) in [6, 6.07) is 17.6. The number of anilines is 1. The number of halogens is 2. The molecule has 2 amide bonds. The summed E-state index contributed by atoms with van der Waals surface area (Å²) >= 11 is 9.81. The van der Waals surface area contributed by atoms with E-state index in [1.807, 2.05) is 20.8 Å². The average molecular weight is 679 g/mol. The molecule has 0 radical (unpaired) electrons. The number of aryl methyl sites for hydroxylation is 1. The zero-order chi connectivity index (χ0) is 30.9. The van der Waals surface area contributed by atoms with Crippen molar-refractivity contribution in [3.63, 3.8) is 0 Å². The van der Waals surface area contributed by atoms with Crippen molar-refractivity contribution in [2.24, 2.45) is 0 Å². The van der Waals surface area contributed by atoms with Gasteiger partial charge in [0.25, 0.3) is 10.0 Å². The number of nitrogens with one attached hydrogen (secondary N) is 1. The lowest BCUT2D eigenvalue weighted by molar-refractivity contribution is -0.140. The van der Waals surface area contributed by atoms with E-state index in [1.165, 1.54) is 24.1 Å². The molecule has 0 aliphatic heterocycles. The molecule has 11 heteroatoms. The fourth-order valence-corrected chi connectivity index (χ4v) is 6.74. The Morgan fingerprint density at radius 3 is 2.33 bits per heavy atom. The van der Waals surface area contributed by atoms with Crippen LogP contribution in [0.2, 0.25) is 5.02 Å². The number of unbranched alkanes of at least 4 members (excludes halogenated alkanes) is 1. The number of hydrogen-bond donors (Lipinski definition) is 1. The third-order valence-corrected chi connectivity index (χ3v) is 9.58. The Kier molecular flexibility index (Phi) is 12.3. The van der Waals surface area contributed by atoms with Crippen molar-refractivity contribution in [1.82, 2.24) is 10.2 Å². The van der Waals surface area contributed by atoms with Crippen LogP contribution >= 0.6 is 27.5 Å². The number of ether oxygens (including phenoxy) is 1. The van der Waals surface area contributed by atoms with Crippen LogP contribution in [0.4, 0.5) is 5.69 Å². The summed E-state index contributed by atoms with van der Waals surface area (Å²) in [6.07, 6.45) is 2.04. The van der Waals surface area contributed by atoms with E-state index in [0.717, 1.165) is 22.7 Å². The monoisotopic (exact) mass is 677 g/mol. The summed E-state index contributed by atoms with van der Waals surface area (Å²) in [6.45, 7) is 5.73. The van der Waals surface area contributed by atoms with Gasteiger partial charge in [-0.25, -0.2) is 8.42 Å². The van der Waals surface area contributed by atoms with Crippen LogP contribution in [0.25, 0.3) is 0 Å². The molecule has 3 aromatic rings. The van der Waals surface area contributed by atoms with E-state index >= 15 is 0 Å². The Labute approximate surface area is 262 Å². The van der Waals surface area contributed by atoms with Crippen LogP contribution in [0.15, 0.2) is 76.1 Å². The van der Waals surface area contributed by atoms with Gasteiger partial charge in [-0.05, 0) is 77.7 Å². The first-order valence-electron chi connectivity index (χ1n) is 13.8. The summed E-state index contributed by atoms with van der Waals surface area (Å²) in [5.74, 6) is -0.364. The topological polar surface area (TPSA) is 96.0 Å². The van der Waals surface area contributed by atoms with Crippen LogP contribution in [0, 0.1) is 6.92 Å². The van der Waals surface area contributed by atoms with Gasteiger partial charge in [-0.2, -0.15) is 0 Å². The first-order chi connectivity index (χ1) is 20.0. The highest BCUT2D eigenvalue weighted by Gasteiger charge is 2.34. The number of amides is 2. The lowest BCUT2D eigenvalue weighted by Gasteiger charge is -2.33. The smallest absolute Gasteiger partial charge is 0.264 e. The second kappa shape index (κ2) is 15.4. The quantitative estimate of drug-likeness (QED) is 0.201. The summed E-state index contributed by atoms with van der Waals surface area (Å²) in [4.78, 5) is 28.8. The maximum atomic E-state index is 14.2. The Bertz CT molecular complexity index is 1480. The van der Waals surface area contributed by atoms with E-state index in [0.29, 0.717) is 39.5 Å². The number of hydrogen-bond acceptors (Lipinski definition) is 5. The fourth-order valence-electron chi connectivity index (χ4n) is 4.41. The number of rotatable bonds is 14. The Morgan fingerprint density at radius 1 is 1.05 bits per heavy atom. The molecular formula is C31H37BrClN3O5S. The lowest BCUT2D eigenvalue weighted by atomic mass is 10.1. The van der Waals surface area contributed by atoms with E-state index in [1.54, 1.807) is 54.6 Å². The molecule has 0 saturated carbocycles. The van der Waals surface area contributed by atoms with Crippen molar-refractivity contribution >= 4 is 55.1 Å². The van der Waals surface area contributed by atoms with Crippen LogP contribution in [0.3, 0.4) is 0 Å². The molecule has 0 fully saturated rings. The summed E-state index contributed by atoms with van der Waals surface area (Å²) in [7, 11) is -2.73. The third kappa shape index (κ3) is 8.26. The molecule has 0 heterocycles. The fraction of sp³-hybridized carbons (Fsp3) is 0.355. The predicted octanol–water partition coefficient (Wildman–Crippen LogP) is 6.34. The van der Waals surface area contributed by atoms with Crippen LogP contribution < -0.4 is 14.4 Å². The number of sulfonamides is 1. The molecule has 3 rings (SSSR count). The standard InChI is InChI=1S/C31H37BrClN3O5S/c1-5-7-18-34-31(38)28(6-2)35(20-23-10-8-9-11-27(23)33)30(37)21-36(24-14-12-22(3)13-15-24)42(39,40)25-16-17-29(41-4)26(32)19-25/h8-17,19,28H,5-7,18,20-21H2,1-4H3,(H,34,38). The minimum Gasteiger partial charge on any atom is -0.496 e. The SMILES string of the molecule is CCCCNC(=O)C(CC)N(Cc1ccccc1Cl)C(=O)CN(c1ccc(C)cc1)S(=O)(=O)c1ccc(OC)c(Br)c1. The van der Waals surface area contributed by atoms with E-state index in [-0.39, 0.29) is 17.3 Å². The second-order valence-electron chi connectivity index (χ2n) is 9.83. The summed E-state index contributed by atoms with van der Waals surface area (Å²) < 4.78 is 35.0. The molecule has 1 unspecified atom stereocenters. The molecular weight excluding hydrogens is 642 g/mol. The Morgan fingerprint density at radius 2 is 1.74 bits per heavy atom. The van der Waals surface area contributed by atoms with Crippen LogP contribution in [0.5, 0.6) is 5.75 Å². The molecule has 1 N–H and O–H groups in total. The van der Waals surface area contributed by atoms with Crippen molar-refractivity contribution in [2.75, 3.05) is 24.5 Å². The van der Waals surface area contributed by atoms with Crippen LogP contribution in [-0.2, 0) is 26.2 Å². The predicted molar refractivity (Wildman–Crippen MR) is 170 cm³/mol. The highest BCUT2D eigenvalue weighted by molar-refractivity contribution is 9.10. The van der Waals surface area contributed by atoms with Gasteiger partial charge in [0.1, 0.15) is 18.3 Å². The van der Waals surface area contributed by atoms with Gasteiger partial charge in [0.15, 0.2) is 0 Å². The number of benzene rings is 3. The van der Waals surface area contributed by atoms with Gasteiger partial charge >= 0.3 is 0 Å². The van der Waals surface area contributed by atoms with Crippen LogP contribution in [0.1, 0.15) is 44.2 Å². The van der Waals surface area contributed by atoms with Crippen molar-refractivity contribution in [1.29, 1.82) is 0 Å². The molecule has 0 aliphatic rings. The van der Waals surface area contributed by atoms with Gasteiger partial charge in [-0.15, -0.1) is 0 Å². The molecule has 0 saturated heterocycles. The normalized spacial score (nSPS) is 12.0. The third-order valence-electron chi connectivity index (χ3n) is 6.83. The molecule has 3 aromatic carbocycles. The highest BCUT2D eigenvalue weighted by atomic mass is 79.9. The number of nitrogens with zero attached hydrogens (tertiary/aromatic N) is 2. The first-order valence-corrected chi connectivity index (χ1v) is 16.4. The molecule has 0 aliphatic carbocycles. The first kappa shape index (κ1) is 33.4. The zero-order valence-electron chi connectivity index (χ0n) is 24.3. The molecule has 0 aromatic heterocycles. The largest absolute Gasteiger partial charge is 0.496 e. The van der Waals surface area contributed by atoms with E-state index in [2.05, 4.69) is 21.2 Å². The van der Waals surface area contributed by atoms with Crippen molar-refractivity contribution in [2.45, 2.75) is 57.5 Å². The summed E-state index contributed by atoms with van der Waals surface area (Å²) in [5, 5.41) is 3.37. The minimum absolute atomic E-state index is 0.0226. The molecule has 0 bridgehead atoms. The number of methoxy groups -OCH3 is 1. The Hall–Kier alpha value is -3.08. The zero-order valence-corrected chi connectivity index (χ0v) is 27.4. The Balaban J connectivity index is 2.07. The van der Waals surface area contributed by atoms with Gasteiger partial charge in [0.05, 0.1) is 22.2 Å². The lowest BCUT2D eigenvalue weighted by Crippen LogP contribution is -2.52. The van der Waals surface area contributed by atoms with E-state index in [4.69, 9.17) is 16.3 Å². The van der Waals surface area contributed by atoms with Crippen molar-refractivity contribution < 1.29 is 22.7 Å². The van der Waals surface area contributed by atoms with Crippen molar-refractivity contribution in [3.8, 4) is 5.75 Å². The van der Waals surface area contributed by atoms with Crippen molar-refractivity contribution in [3.05, 3.63) is 87.4 Å². The van der Waals surface area contributed by atoms with Crippen LogP contribution in [-0.4, -0.2) is 51.4 Å². The molecule has 8 nitrogen and oxygen atoms in total. The molecule has 42 heavy (non-hydrogen) atoms. The van der Waals surface area contributed by atoms with Gasteiger partial charge < -0.3 is 15.0 Å². The second-order valence-corrected chi connectivity index (χ2v) is 12.9. The molecule has 0 spiro atoms. The summed E-state index contributed by atoms with van der Waals surface area (Å²) in [5.41, 5.74) is 1.90. The van der Waals surface area contributed by atoms with Gasteiger partial charge in [-0.1, -0.05) is 67.8 Å². The van der Waals surface area contributed by atoms with Gasteiger partial charge in [0, 0.05) is 18.1 Å². The number of carbonyl (C=O) groups is 2. The maximum absolute atomic E-state index is 14.2. The maximum Gasteiger partial charge on any atom is 0.264 e. The van der Waals surface area contributed by atoms with E-state index < -0.39 is 28.5 Å².